The number of halogens is 1. The van der Waals surface area contributed by atoms with Gasteiger partial charge in [0.15, 0.2) is 6.29 Å². The van der Waals surface area contributed by atoms with Crippen molar-refractivity contribution >= 4 is 22.4 Å². The molecule has 0 radical (unpaired) electrons. The summed E-state index contributed by atoms with van der Waals surface area (Å²) in [6, 6.07) is 15.1. The molecule has 3 aromatic rings. The van der Waals surface area contributed by atoms with Crippen LogP contribution < -0.4 is 0 Å². The maximum absolute atomic E-state index is 9.33. The molecule has 2 N–H and O–H groups in total. The number of hydrogen-bond donors (Lipinski definition) is 2. The van der Waals surface area contributed by atoms with Crippen LogP contribution >= 0.6 is 11.6 Å². The molecule has 0 saturated carbocycles. The molecule has 0 saturated heterocycles. The fraction of sp³-hybridized carbons (Fsp3) is 0.105. The predicted octanol–water partition coefficient (Wildman–Crippen LogP) is 4.74. The van der Waals surface area contributed by atoms with Crippen LogP contribution in [0, 0.1) is 21.8 Å². The number of nitrogens with zero attached hydrogens (tertiary/aromatic N) is 1. The molecule has 0 atom stereocenters. The zero-order valence-corrected chi connectivity index (χ0v) is 16.3. The zero-order valence-electron chi connectivity index (χ0n) is 13.8. The van der Waals surface area contributed by atoms with Gasteiger partial charge in [-0.25, -0.2) is 4.98 Å². The first-order valence-corrected chi connectivity index (χ1v) is 6.97. The summed E-state index contributed by atoms with van der Waals surface area (Å²) in [7, 11) is 0. The number of benzene rings is 2. The maximum Gasteiger partial charge on any atom is 2.00 e. The molecular formula is C19H20ClNO2Ru. The molecule has 0 bridgehead atoms. The van der Waals surface area contributed by atoms with E-state index in [1.807, 2.05) is 49.4 Å². The summed E-state index contributed by atoms with van der Waals surface area (Å²) in [5, 5.41) is 21.3. The van der Waals surface area contributed by atoms with E-state index in [9.17, 15) is 10.2 Å². The van der Waals surface area contributed by atoms with Crippen LogP contribution in [-0.2, 0) is 19.5 Å². The van der Waals surface area contributed by atoms with Crippen molar-refractivity contribution < 1.29 is 29.7 Å². The molecule has 0 aliphatic heterocycles. The van der Waals surface area contributed by atoms with Crippen LogP contribution in [0.4, 0.5) is 0 Å². The van der Waals surface area contributed by atoms with E-state index in [-0.39, 0.29) is 40.0 Å². The van der Waals surface area contributed by atoms with Gasteiger partial charge in [-0.3, -0.25) is 0 Å². The van der Waals surface area contributed by atoms with Gasteiger partial charge in [0.2, 0.25) is 0 Å². The number of aryl methyl sites for hydroxylation is 1. The summed E-state index contributed by atoms with van der Waals surface area (Å²) in [6.07, 6.45) is -1.60. The molecule has 0 aliphatic carbocycles. The van der Waals surface area contributed by atoms with Gasteiger partial charge in [-0.15, -0.1) is 0 Å². The van der Waals surface area contributed by atoms with Gasteiger partial charge in [0.1, 0.15) is 0 Å². The first-order valence-electron chi connectivity index (χ1n) is 6.59. The number of pyridine rings is 1. The average Bonchev–Trinajstić information content (AvgIpc) is 2.48. The number of aliphatic hydroxyl groups is 2. The Morgan fingerprint density at radius 3 is 2.29 bits per heavy atom. The molecule has 0 aliphatic rings. The molecule has 0 fully saturated rings. The molecule has 0 amide bonds. The van der Waals surface area contributed by atoms with Gasteiger partial charge in [0.05, 0.1) is 16.4 Å². The third-order valence-electron chi connectivity index (χ3n) is 3.50. The Morgan fingerprint density at radius 2 is 1.62 bits per heavy atom. The van der Waals surface area contributed by atoms with E-state index in [0.717, 1.165) is 21.9 Å². The Morgan fingerprint density at radius 1 is 0.958 bits per heavy atom. The smallest absolute Gasteiger partial charge is 0.363 e. The van der Waals surface area contributed by atoms with E-state index >= 15 is 0 Å². The van der Waals surface area contributed by atoms with Crippen LogP contribution in [0.25, 0.3) is 22.0 Å². The van der Waals surface area contributed by atoms with Crippen molar-refractivity contribution in [2.24, 2.45) is 0 Å². The Balaban J connectivity index is 0.00000176. The van der Waals surface area contributed by atoms with Gasteiger partial charge in [0, 0.05) is 5.56 Å². The number of aliphatic hydroxyl groups excluding tert-OH is 1. The molecule has 2 aromatic carbocycles. The van der Waals surface area contributed by atoms with E-state index < -0.39 is 6.29 Å². The first kappa shape index (κ1) is 22.7. The van der Waals surface area contributed by atoms with Gasteiger partial charge in [-0.1, -0.05) is 48.0 Å². The van der Waals surface area contributed by atoms with Gasteiger partial charge >= 0.3 is 19.5 Å². The Kier molecular flexibility index (Phi) is 8.73. The van der Waals surface area contributed by atoms with E-state index in [4.69, 9.17) is 11.6 Å². The fourth-order valence-corrected chi connectivity index (χ4v) is 2.68. The van der Waals surface area contributed by atoms with Crippen molar-refractivity contribution in [2.45, 2.75) is 13.2 Å². The van der Waals surface area contributed by atoms with Crippen molar-refractivity contribution in [1.82, 2.24) is 4.98 Å². The summed E-state index contributed by atoms with van der Waals surface area (Å²) in [5.41, 5.74) is 2.62. The molecule has 0 spiro atoms. The van der Waals surface area contributed by atoms with Crippen molar-refractivity contribution in [1.29, 1.82) is 0 Å². The van der Waals surface area contributed by atoms with Crippen molar-refractivity contribution in [3.63, 3.8) is 0 Å². The minimum Gasteiger partial charge on any atom is -0.363 e. The Labute approximate surface area is 161 Å². The topological polar surface area (TPSA) is 53.4 Å². The molecule has 1 aromatic heterocycles. The maximum atomic E-state index is 9.33. The van der Waals surface area contributed by atoms with E-state index in [1.165, 1.54) is 0 Å². The molecule has 5 heteroatoms. The number of aromatic nitrogens is 1. The van der Waals surface area contributed by atoms with Crippen molar-refractivity contribution in [3.05, 3.63) is 79.7 Å². The number of rotatable bonds is 2. The second-order valence-corrected chi connectivity index (χ2v) is 5.33. The monoisotopic (exact) mass is 431 g/mol. The van der Waals surface area contributed by atoms with Crippen LogP contribution in [0.3, 0.4) is 0 Å². The molecule has 24 heavy (non-hydrogen) atoms. The summed E-state index contributed by atoms with van der Waals surface area (Å²) in [6.45, 7) is 1.92. The number of hydrogen-bond acceptors (Lipinski definition) is 3. The van der Waals surface area contributed by atoms with E-state index in [0.29, 0.717) is 10.7 Å². The minimum atomic E-state index is -1.60. The number of fused-ring (bicyclic) bond motifs is 1. The minimum absolute atomic E-state index is 0. The summed E-state index contributed by atoms with van der Waals surface area (Å²) < 4.78 is 0. The fourth-order valence-electron chi connectivity index (χ4n) is 2.43. The first-order chi connectivity index (χ1) is 10.1. The predicted molar refractivity (Wildman–Crippen MR) is 96.9 cm³/mol. The van der Waals surface area contributed by atoms with Crippen molar-refractivity contribution in [2.75, 3.05) is 0 Å². The SMILES string of the molecule is Cc1ccc(C(O)O)nc1-c1c(Cl)ccc2ccccc12.[CH3-].[CH3-].[Ru+2]. The van der Waals surface area contributed by atoms with Crippen molar-refractivity contribution in [3.8, 4) is 11.3 Å². The van der Waals surface area contributed by atoms with Gasteiger partial charge < -0.3 is 25.1 Å². The molecule has 128 valence electrons. The molecule has 3 nitrogen and oxygen atoms in total. The second-order valence-electron chi connectivity index (χ2n) is 4.92. The van der Waals surface area contributed by atoms with E-state index in [2.05, 4.69) is 4.98 Å². The Bertz CT molecular complexity index is 822. The van der Waals surface area contributed by atoms with E-state index in [1.54, 1.807) is 6.07 Å². The third kappa shape index (κ3) is 4.20. The summed E-state index contributed by atoms with van der Waals surface area (Å²) in [4.78, 5) is 4.37. The van der Waals surface area contributed by atoms with Gasteiger partial charge in [-0.2, -0.15) is 0 Å². The molecular weight excluding hydrogens is 411 g/mol. The second kappa shape index (κ2) is 9.24. The molecule has 0 unspecified atom stereocenters. The average molecular weight is 431 g/mol. The van der Waals surface area contributed by atoms with Crippen LogP contribution in [-0.4, -0.2) is 15.2 Å². The van der Waals surface area contributed by atoms with Gasteiger partial charge in [0.25, 0.3) is 0 Å². The Hall–Kier alpha value is -1.32. The largest absolute Gasteiger partial charge is 2.00 e. The normalized spacial score (nSPS) is 9.88. The zero-order chi connectivity index (χ0) is 15.0. The summed E-state index contributed by atoms with van der Waals surface area (Å²) >= 11 is 6.38. The summed E-state index contributed by atoms with van der Waals surface area (Å²) in [5.74, 6) is 0. The van der Waals surface area contributed by atoms with Crippen LogP contribution in [0.5, 0.6) is 0 Å². The van der Waals surface area contributed by atoms with Crippen LogP contribution in [0.15, 0.2) is 48.5 Å². The van der Waals surface area contributed by atoms with Crippen LogP contribution in [0.2, 0.25) is 5.02 Å². The van der Waals surface area contributed by atoms with Gasteiger partial charge in [-0.05, 0) is 35.4 Å². The quantitative estimate of drug-likeness (QED) is 0.350. The molecule has 1 heterocycles. The molecule has 3 rings (SSSR count). The third-order valence-corrected chi connectivity index (χ3v) is 3.81. The van der Waals surface area contributed by atoms with Crippen LogP contribution in [0.1, 0.15) is 17.5 Å². The standard InChI is InChI=1S/C17H14ClNO2.2CH3.Ru/c1-10-6-9-14(17(20)21)19-16(10)15-12-5-3-2-4-11(12)7-8-13(15)18;;;/h2-9,17,20-21H,1H3;2*1H3;/q;2*-1;+2.